The van der Waals surface area contributed by atoms with Gasteiger partial charge in [0.05, 0.1) is 18.8 Å². The Morgan fingerprint density at radius 1 is 1.22 bits per heavy atom. The summed E-state index contributed by atoms with van der Waals surface area (Å²) in [6.45, 7) is 5.28. The maximum absolute atomic E-state index is 9.43. The zero-order valence-electron chi connectivity index (χ0n) is 11.0. The van der Waals surface area contributed by atoms with Crippen molar-refractivity contribution in [3.8, 4) is 0 Å². The molecule has 18 heavy (non-hydrogen) atoms. The largest absolute Gasteiger partial charge is 0.394 e. The van der Waals surface area contributed by atoms with Crippen LogP contribution in [-0.2, 0) is 6.42 Å². The van der Waals surface area contributed by atoms with Crippen molar-refractivity contribution in [2.24, 2.45) is 0 Å². The molecular formula is C12H20ClN3O2. The zero-order valence-corrected chi connectivity index (χ0v) is 11.8. The molecule has 102 valence electrons. The number of hydrogen-bond donors (Lipinski definition) is 3. The Balaban J connectivity index is 3.13. The third-order valence-electron chi connectivity index (χ3n) is 3.11. The molecule has 0 aliphatic rings. The third-order valence-corrected chi connectivity index (χ3v) is 3.48. The molecule has 1 heterocycles. The molecule has 0 bridgehead atoms. The fraction of sp³-hybridized carbons (Fsp3) is 0.667. The number of hydrogen-bond acceptors (Lipinski definition) is 5. The van der Waals surface area contributed by atoms with Gasteiger partial charge in [-0.15, -0.1) is 0 Å². The van der Waals surface area contributed by atoms with E-state index in [0.717, 1.165) is 0 Å². The number of aliphatic hydroxyl groups excluding tert-OH is 2. The van der Waals surface area contributed by atoms with Gasteiger partial charge in [0.2, 0.25) is 0 Å². The summed E-state index contributed by atoms with van der Waals surface area (Å²) in [5.74, 6) is 1.20. The minimum absolute atomic E-state index is 0.178. The van der Waals surface area contributed by atoms with E-state index in [1.165, 1.54) is 0 Å². The van der Waals surface area contributed by atoms with Crippen LogP contribution >= 0.6 is 11.6 Å². The first-order valence-electron chi connectivity index (χ1n) is 6.04. The van der Waals surface area contributed by atoms with E-state index in [1.54, 1.807) is 6.92 Å². The first-order chi connectivity index (χ1) is 8.51. The van der Waals surface area contributed by atoms with Crippen LogP contribution < -0.4 is 5.32 Å². The Morgan fingerprint density at radius 2 is 1.83 bits per heavy atom. The molecule has 0 radical (unpaired) electrons. The van der Waals surface area contributed by atoms with Crippen molar-refractivity contribution in [3.63, 3.8) is 0 Å². The summed E-state index contributed by atoms with van der Waals surface area (Å²) in [5.41, 5.74) is -0.0680. The highest BCUT2D eigenvalue weighted by Gasteiger charge is 2.28. The lowest BCUT2D eigenvalue weighted by Gasteiger charge is -2.31. The van der Waals surface area contributed by atoms with E-state index >= 15 is 0 Å². The van der Waals surface area contributed by atoms with Crippen LogP contribution in [0, 0.1) is 6.92 Å². The van der Waals surface area contributed by atoms with Crippen molar-refractivity contribution >= 4 is 17.4 Å². The lowest BCUT2D eigenvalue weighted by molar-refractivity contribution is 0.132. The Labute approximate surface area is 112 Å². The van der Waals surface area contributed by atoms with Crippen LogP contribution in [0.1, 0.15) is 31.7 Å². The van der Waals surface area contributed by atoms with Crippen LogP contribution in [0.4, 0.5) is 5.82 Å². The number of nitrogens with zero attached hydrogens (tertiary/aromatic N) is 2. The topological polar surface area (TPSA) is 78.3 Å². The SMILES string of the molecule is CCc1nc(Cl)c(C)c(NC(CC)(CO)CO)n1. The number of rotatable bonds is 6. The molecule has 0 fully saturated rings. The number of aryl methyl sites for hydroxylation is 1. The van der Waals surface area contributed by atoms with Crippen LogP contribution in [0.5, 0.6) is 0 Å². The van der Waals surface area contributed by atoms with Crippen LogP contribution in [-0.4, -0.2) is 38.9 Å². The second-order valence-electron chi connectivity index (χ2n) is 4.33. The first-order valence-corrected chi connectivity index (χ1v) is 6.42. The second-order valence-corrected chi connectivity index (χ2v) is 4.69. The van der Waals surface area contributed by atoms with Crippen molar-refractivity contribution in [1.29, 1.82) is 0 Å². The van der Waals surface area contributed by atoms with E-state index in [0.29, 0.717) is 35.2 Å². The summed E-state index contributed by atoms with van der Waals surface area (Å²) < 4.78 is 0. The van der Waals surface area contributed by atoms with Crippen molar-refractivity contribution in [2.75, 3.05) is 18.5 Å². The molecule has 0 aliphatic heterocycles. The summed E-state index contributed by atoms with van der Waals surface area (Å²) in [6, 6.07) is 0. The molecule has 0 spiro atoms. The average molecular weight is 274 g/mol. The van der Waals surface area contributed by atoms with Gasteiger partial charge in [-0.05, 0) is 13.3 Å². The van der Waals surface area contributed by atoms with Gasteiger partial charge in [-0.1, -0.05) is 25.4 Å². The first kappa shape index (κ1) is 15.1. The average Bonchev–Trinajstić information content (AvgIpc) is 2.40. The fourth-order valence-corrected chi connectivity index (χ4v) is 1.69. The maximum atomic E-state index is 9.43. The Kier molecular flexibility index (Phi) is 5.31. The Morgan fingerprint density at radius 3 is 2.28 bits per heavy atom. The minimum Gasteiger partial charge on any atom is -0.394 e. The highest BCUT2D eigenvalue weighted by Crippen LogP contribution is 2.24. The third kappa shape index (κ3) is 3.10. The number of halogens is 1. The molecule has 0 atom stereocenters. The summed E-state index contributed by atoms with van der Waals surface area (Å²) in [5, 5.41) is 22.3. The molecule has 0 amide bonds. The van der Waals surface area contributed by atoms with Gasteiger partial charge < -0.3 is 15.5 Å². The summed E-state index contributed by atoms with van der Waals surface area (Å²) >= 11 is 6.04. The summed E-state index contributed by atoms with van der Waals surface area (Å²) in [6.07, 6.45) is 1.24. The number of aromatic nitrogens is 2. The van der Waals surface area contributed by atoms with Crippen molar-refractivity contribution in [3.05, 3.63) is 16.5 Å². The molecular weight excluding hydrogens is 254 g/mol. The normalized spacial score (nSPS) is 11.7. The van der Waals surface area contributed by atoms with Crippen molar-refractivity contribution in [1.82, 2.24) is 9.97 Å². The van der Waals surface area contributed by atoms with E-state index in [-0.39, 0.29) is 13.2 Å². The van der Waals surface area contributed by atoms with Gasteiger partial charge in [0.1, 0.15) is 16.8 Å². The van der Waals surface area contributed by atoms with Crippen LogP contribution in [0.3, 0.4) is 0 Å². The summed E-state index contributed by atoms with van der Waals surface area (Å²) in [4.78, 5) is 8.50. The molecule has 0 aliphatic carbocycles. The second kappa shape index (κ2) is 6.31. The standard InChI is InChI=1S/C12H20ClN3O2/c1-4-9-14-10(13)8(3)11(15-9)16-12(5-2,6-17)7-18/h17-18H,4-7H2,1-3H3,(H,14,15,16). The number of aliphatic hydroxyl groups is 2. The van der Waals surface area contributed by atoms with Gasteiger partial charge in [0.25, 0.3) is 0 Å². The van der Waals surface area contributed by atoms with Gasteiger partial charge >= 0.3 is 0 Å². The number of nitrogens with one attached hydrogen (secondary N) is 1. The molecule has 1 aromatic rings. The van der Waals surface area contributed by atoms with E-state index in [9.17, 15) is 10.2 Å². The van der Waals surface area contributed by atoms with Gasteiger partial charge in [-0.25, -0.2) is 9.97 Å². The van der Waals surface area contributed by atoms with Gasteiger partial charge in [0, 0.05) is 12.0 Å². The quantitative estimate of drug-likeness (QED) is 0.686. The fourth-order valence-electron chi connectivity index (χ4n) is 1.50. The highest BCUT2D eigenvalue weighted by atomic mass is 35.5. The lowest BCUT2D eigenvalue weighted by Crippen LogP contribution is -2.45. The van der Waals surface area contributed by atoms with E-state index < -0.39 is 5.54 Å². The monoisotopic (exact) mass is 273 g/mol. The van der Waals surface area contributed by atoms with E-state index in [4.69, 9.17) is 11.6 Å². The van der Waals surface area contributed by atoms with E-state index in [1.807, 2.05) is 13.8 Å². The maximum Gasteiger partial charge on any atom is 0.137 e. The molecule has 0 saturated carbocycles. The molecule has 5 nitrogen and oxygen atoms in total. The molecule has 3 N–H and O–H groups in total. The summed E-state index contributed by atoms with van der Waals surface area (Å²) in [7, 11) is 0. The Bertz CT molecular complexity index is 400. The van der Waals surface area contributed by atoms with Crippen molar-refractivity contribution < 1.29 is 10.2 Å². The smallest absolute Gasteiger partial charge is 0.137 e. The van der Waals surface area contributed by atoms with Crippen LogP contribution in [0.25, 0.3) is 0 Å². The molecule has 1 rings (SSSR count). The highest BCUT2D eigenvalue weighted by molar-refractivity contribution is 6.30. The Hall–Kier alpha value is -0.910. The van der Waals surface area contributed by atoms with Gasteiger partial charge in [-0.3, -0.25) is 0 Å². The predicted octanol–water partition coefficient (Wildman–Crippen LogP) is 1.55. The predicted molar refractivity (Wildman–Crippen MR) is 72.0 cm³/mol. The van der Waals surface area contributed by atoms with E-state index in [2.05, 4.69) is 15.3 Å². The molecule has 6 heteroatoms. The van der Waals surface area contributed by atoms with Crippen LogP contribution in [0.15, 0.2) is 0 Å². The van der Waals surface area contributed by atoms with Gasteiger partial charge in [-0.2, -0.15) is 0 Å². The van der Waals surface area contributed by atoms with Gasteiger partial charge in [0.15, 0.2) is 0 Å². The minimum atomic E-state index is -0.784. The van der Waals surface area contributed by atoms with Crippen LogP contribution in [0.2, 0.25) is 5.15 Å². The molecule has 0 aromatic carbocycles. The molecule has 0 saturated heterocycles. The molecule has 1 aromatic heterocycles. The van der Waals surface area contributed by atoms with Crippen molar-refractivity contribution in [2.45, 2.75) is 39.2 Å². The zero-order chi connectivity index (χ0) is 13.8. The number of anilines is 1. The molecule has 0 unspecified atom stereocenters. The lowest BCUT2D eigenvalue weighted by atomic mass is 9.98.